The van der Waals surface area contributed by atoms with Gasteiger partial charge >= 0.3 is 0 Å². The molecule has 1 nitrogen and oxygen atoms in total. The molecule has 2 fully saturated rings. The largest absolute Gasteiger partial charge is 0.341 e. The third-order valence-electron chi connectivity index (χ3n) is 12.1. The van der Waals surface area contributed by atoms with Crippen molar-refractivity contribution in [2.75, 3.05) is 11.4 Å². The van der Waals surface area contributed by atoms with E-state index in [2.05, 4.69) is 115 Å². The SMILES string of the molecule is C=C(/C=C1\C(=C)c2ccc(N3CCCc4ccccc43)cc2C12CCCC2)/C=C/c1ccc2c(c1)C1(CCCC1)c1ccccc1-2. The number of rotatable bonds is 4. The van der Waals surface area contributed by atoms with E-state index in [9.17, 15) is 0 Å². The van der Waals surface area contributed by atoms with Gasteiger partial charge in [0.15, 0.2) is 0 Å². The van der Waals surface area contributed by atoms with Crippen molar-refractivity contribution in [2.24, 2.45) is 0 Å². The maximum absolute atomic E-state index is 4.70. The summed E-state index contributed by atoms with van der Waals surface area (Å²) in [6.07, 6.45) is 19.3. The van der Waals surface area contributed by atoms with E-state index in [-0.39, 0.29) is 10.8 Å². The molecule has 0 amide bonds. The Balaban J connectivity index is 1.03. The van der Waals surface area contributed by atoms with Crippen molar-refractivity contribution in [3.8, 4) is 11.1 Å². The van der Waals surface area contributed by atoms with Crippen LogP contribution in [0.15, 0.2) is 121 Å². The molecule has 9 rings (SSSR count). The highest BCUT2D eigenvalue weighted by molar-refractivity contribution is 5.91. The molecule has 46 heavy (non-hydrogen) atoms. The van der Waals surface area contributed by atoms with Crippen LogP contribution in [0.4, 0.5) is 11.4 Å². The number of aryl methyl sites for hydroxylation is 1. The number of para-hydroxylation sites is 1. The fraction of sp³-hybridized carbons (Fsp3) is 0.289. The first-order chi connectivity index (χ1) is 22.6. The first-order valence-electron chi connectivity index (χ1n) is 17.6. The Labute approximate surface area is 274 Å². The molecule has 0 bridgehead atoms. The molecule has 4 aromatic rings. The van der Waals surface area contributed by atoms with Crippen LogP contribution >= 0.6 is 0 Å². The van der Waals surface area contributed by atoms with E-state index < -0.39 is 0 Å². The smallest absolute Gasteiger partial charge is 0.0443 e. The molecule has 228 valence electrons. The lowest BCUT2D eigenvalue weighted by Crippen LogP contribution is -2.25. The zero-order valence-corrected chi connectivity index (χ0v) is 27.0. The van der Waals surface area contributed by atoms with Gasteiger partial charge in [0, 0.05) is 28.7 Å². The number of hydrogen-bond acceptors (Lipinski definition) is 1. The van der Waals surface area contributed by atoms with Gasteiger partial charge in [0.1, 0.15) is 0 Å². The maximum Gasteiger partial charge on any atom is 0.0443 e. The van der Waals surface area contributed by atoms with Gasteiger partial charge < -0.3 is 4.90 Å². The molecular weight excluding hydrogens is 555 g/mol. The molecule has 0 saturated heterocycles. The van der Waals surface area contributed by atoms with E-state index in [1.165, 1.54) is 126 Å². The Bertz CT molecular complexity index is 1970. The standard InChI is InChI=1S/C45H43N/c1-31(17-18-33-19-21-38-37-14-4-5-15-39(37)44(41(38)29-33)23-7-8-24-44)28-40-32(2)36-22-20-35(30-42(36)45(40)25-9-10-26-45)46-27-11-13-34-12-3-6-16-43(34)46/h3-6,12,14-22,28-30H,1-2,7-11,13,23-27H2/b18-17+,40-28+. The molecule has 1 aliphatic heterocycles. The van der Waals surface area contributed by atoms with Gasteiger partial charge in [0.25, 0.3) is 0 Å². The van der Waals surface area contributed by atoms with Gasteiger partial charge in [-0.05, 0) is 118 Å². The molecular formula is C45H43N. The summed E-state index contributed by atoms with van der Waals surface area (Å²) in [7, 11) is 0. The Morgan fingerprint density at radius 1 is 0.674 bits per heavy atom. The van der Waals surface area contributed by atoms with Crippen molar-refractivity contribution in [3.63, 3.8) is 0 Å². The second-order valence-electron chi connectivity index (χ2n) is 14.5. The third-order valence-corrected chi connectivity index (χ3v) is 12.1. The summed E-state index contributed by atoms with van der Waals surface area (Å²) in [5.41, 5.74) is 18.1. The highest BCUT2D eigenvalue weighted by Crippen LogP contribution is 2.59. The zero-order chi connectivity index (χ0) is 30.9. The molecule has 1 heteroatoms. The van der Waals surface area contributed by atoms with Crippen LogP contribution in [0.3, 0.4) is 0 Å². The van der Waals surface area contributed by atoms with Crippen molar-refractivity contribution in [2.45, 2.75) is 75.0 Å². The highest BCUT2D eigenvalue weighted by Gasteiger charge is 2.47. The predicted octanol–water partition coefficient (Wildman–Crippen LogP) is 11.6. The summed E-state index contributed by atoms with van der Waals surface area (Å²) < 4.78 is 0. The Hall–Kier alpha value is -4.36. The second kappa shape index (κ2) is 10.6. The Morgan fingerprint density at radius 2 is 1.37 bits per heavy atom. The van der Waals surface area contributed by atoms with E-state index in [0.717, 1.165) is 12.1 Å². The van der Waals surface area contributed by atoms with Crippen LogP contribution in [0, 0.1) is 0 Å². The molecule has 5 aliphatic rings. The number of anilines is 2. The first-order valence-corrected chi connectivity index (χ1v) is 17.6. The summed E-state index contributed by atoms with van der Waals surface area (Å²) in [5.74, 6) is 0. The first kappa shape index (κ1) is 27.9. The van der Waals surface area contributed by atoms with Gasteiger partial charge in [0.05, 0.1) is 0 Å². The minimum Gasteiger partial charge on any atom is -0.341 e. The zero-order valence-electron chi connectivity index (χ0n) is 27.0. The number of nitrogens with zero attached hydrogens (tertiary/aromatic N) is 1. The number of hydrogen-bond donors (Lipinski definition) is 0. The van der Waals surface area contributed by atoms with Gasteiger partial charge in [-0.3, -0.25) is 0 Å². The lowest BCUT2D eigenvalue weighted by molar-refractivity contribution is 0.550. The summed E-state index contributed by atoms with van der Waals surface area (Å²) in [6, 6.07) is 32.4. The molecule has 0 atom stereocenters. The van der Waals surface area contributed by atoms with E-state index in [4.69, 9.17) is 6.58 Å². The minimum atomic E-state index is 0.0444. The normalized spacial score (nSPS) is 20.9. The van der Waals surface area contributed by atoms with Crippen molar-refractivity contribution in [1.82, 2.24) is 0 Å². The summed E-state index contributed by atoms with van der Waals surface area (Å²) in [4.78, 5) is 2.54. The third kappa shape index (κ3) is 4.07. The summed E-state index contributed by atoms with van der Waals surface area (Å²) >= 11 is 0. The van der Waals surface area contributed by atoms with Crippen molar-refractivity contribution in [1.29, 1.82) is 0 Å². The average Bonchev–Trinajstić information content (AvgIpc) is 3.89. The molecule has 0 aromatic heterocycles. The summed E-state index contributed by atoms with van der Waals surface area (Å²) in [6.45, 7) is 10.3. The van der Waals surface area contributed by atoms with E-state index in [0.29, 0.717) is 0 Å². The number of benzene rings is 4. The lowest BCUT2D eigenvalue weighted by atomic mass is 9.76. The number of allylic oxidation sites excluding steroid dienone is 5. The fourth-order valence-corrected chi connectivity index (χ4v) is 10.0. The van der Waals surface area contributed by atoms with Gasteiger partial charge in [0.2, 0.25) is 0 Å². The Morgan fingerprint density at radius 3 is 2.22 bits per heavy atom. The highest BCUT2D eigenvalue weighted by atomic mass is 15.1. The van der Waals surface area contributed by atoms with Crippen LogP contribution < -0.4 is 4.90 Å². The average molecular weight is 598 g/mol. The molecule has 0 unspecified atom stereocenters. The van der Waals surface area contributed by atoms with Crippen LogP contribution in [-0.4, -0.2) is 6.54 Å². The van der Waals surface area contributed by atoms with Crippen molar-refractivity contribution in [3.05, 3.63) is 155 Å². The van der Waals surface area contributed by atoms with Crippen LogP contribution in [0.2, 0.25) is 0 Å². The van der Waals surface area contributed by atoms with Gasteiger partial charge in [-0.2, -0.15) is 0 Å². The maximum atomic E-state index is 4.70. The molecule has 0 radical (unpaired) electrons. The molecule has 1 heterocycles. The van der Waals surface area contributed by atoms with Gasteiger partial charge in [-0.1, -0.05) is 124 Å². The van der Waals surface area contributed by atoms with E-state index in [1.54, 1.807) is 5.56 Å². The van der Waals surface area contributed by atoms with Gasteiger partial charge in [-0.25, -0.2) is 0 Å². The predicted molar refractivity (Wildman–Crippen MR) is 195 cm³/mol. The molecule has 4 aliphatic carbocycles. The minimum absolute atomic E-state index is 0.0444. The molecule has 4 aromatic carbocycles. The van der Waals surface area contributed by atoms with Gasteiger partial charge in [-0.15, -0.1) is 0 Å². The fourth-order valence-electron chi connectivity index (χ4n) is 10.0. The van der Waals surface area contributed by atoms with Crippen LogP contribution in [0.5, 0.6) is 0 Å². The van der Waals surface area contributed by atoms with E-state index in [1.807, 2.05) is 0 Å². The van der Waals surface area contributed by atoms with Crippen LogP contribution in [0.25, 0.3) is 22.8 Å². The number of fused-ring (bicyclic) bond motifs is 8. The monoisotopic (exact) mass is 597 g/mol. The second-order valence-corrected chi connectivity index (χ2v) is 14.5. The summed E-state index contributed by atoms with van der Waals surface area (Å²) in [5, 5.41) is 0. The molecule has 2 spiro atoms. The van der Waals surface area contributed by atoms with Crippen molar-refractivity contribution >= 4 is 23.0 Å². The topological polar surface area (TPSA) is 3.24 Å². The quantitative estimate of drug-likeness (QED) is 0.212. The lowest BCUT2D eigenvalue weighted by Gasteiger charge is -2.33. The van der Waals surface area contributed by atoms with Crippen molar-refractivity contribution < 1.29 is 0 Å². The Kier molecular flexibility index (Phi) is 6.43. The van der Waals surface area contributed by atoms with E-state index >= 15 is 0 Å². The van der Waals surface area contributed by atoms with Crippen LogP contribution in [0.1, 0.15) is 91.2 Å². The molecule has 0 N–H and O–H groups in total. The molecule has 2 saturated carbocycles. The van der Waals surface area contributed by atoms with Crippen LogP contribution in [-0.2, 0) is 17.3 Å².